The third-order valence-electron chi connectivity index (χ3n) is 4.67. The number of hydrogen-bond acceptors (Lipinski definition) is 2. The van der Waals surface area contributed by atoms with E-state index in [2.05, 4.69) is 72.2 Å². The number of rotatable bonds is 5. The normalized spacial score (nSPS) is 20.7. The van der Waals surface area contributed by atoms with E-state index in [1.54, 1.807) is 0 Å². The molecule has 22 heavy (non-hydrogen) atoms. The number of nitrogens with one attached hydrogen (secondary N) is 1. The molecule has 1 heterocycles. The molecule has 0 radical (unpaired) electrons. The minimum atomic E-state index is -1.21. The minimum absolute atomic E-state index is 0.240. The zero-order valence-electron chi connectivity index (χ0n) is 13.1. The Labute approximate surface area is 134 Å². The smallest absolute Gasteiger partial charge is 0.0662 e. The van der Waals surface area contributed by atoms with E-state index in [1.807, 2.05) is 0 Å². The molecule has 118 valence electrons. The summed E-state index contributed by atoms with van der Waals surface area (Å²) in [5.41, 5.74) is 0. The second-order valence-corrected chi connectivity index (χ2v) is 9.65. The van der Waals surface area contributed by atoms with E-state index >= 15 is 0 Å². The third kappa shape index (κ3) is 3.22. The molecule has 2 aromatic rings. The summed E-state index contributed by atoms with van der Waals surface area (Å²) in [6, 6.07) is 21.4. The molecule has 1 aliphatic rings. The molecule has 2 nitrogen and oxygen atoms in total. The highest BCUT2D eigenvalue weighted by Gasteiger charge is 2.31. The van der Waals surface area contributed by atoms with Crippen molar-refractivity contribution in [2.75, 3.05) is 25.1 Å². The van der Waals surface area contributed by atoms with Crippen LogP contribution in [0.3, 0.4) is 0 Å². The Morgan fingerprint density at radius 2 is 1.59 bits per heavy atom. The van der Waals surface area contributed by atoms with Crippen LogP contribution in [0.4, 0.5) is 0 Å². The maximum Gasteiger partial charge on any atom is 0.0662 e. The number of hydrogen-bond donors (Lipinski definition) is 2. The number of aliphatic hydroxyl groups is 1. The first-order valence-corrected chi connectivity index (χ1v) is 10.2. The van der Waals surface area contributed by atoms with Gasteiger partial charge in [0.25, 0.3) is 0 Å². The summed E-state index contributed by atoms with van der Waals surface area (Å²) >= 11 is 0. The van der Waals surface area contributed by atoms with Crippen LogP contribution in [0.2, 0.25) is 0 Å². The van der Waals surface area contributed by atoms with Crippen LogP contribution in [0.15, 0.2) is 70.5 Å². The van der Waals surface area contributed by atoms with Gasteiger partial charge in [0.15, 0.2) is 0 Å². The van der Waals surface area contributed by atoms with E-state index in [0.29, 0.717) is 5.92 Å². The summed E-state index contributed by atoms with van der Waals surface area (Å²) in [6.45, 7) is 1.98. The van der Waals surface area contributed by atoms with Crippen LogP contribution in [0.5, 0.6) is 0 Å². The average Bonchev–Trinajstić information content (AvgIpc) is 3.11. The summed E-state index contributed by atoms with van der Waals surface area (Å²) < 4.78 is 0. The van der Waals surface area contributed by atoms with Crippen LogP contribution in [-0.2, 0) is 0 Å². The fraction of sp³-hybridized carbons (Fsp3) is 0.368. The van der Waals surface area contributed by atoms with Gasteiger partial charge in [-0.1, -0.05) is 36.4 Å². The summed E-state index contributed by atoms with van der Waals surface area (Å²) in [6.07, 6.45) is 3.18. The first-order chi connectivity index (χ1) is 10.7. The Balaban J connectivity index is 1.93. The van der Waals surface area contributed by atoms with Crippen LogP contribution in [0.25, 0.3) is 0 Å². The summed E-state index contributed by atoms with van der Waals surface area (Å²) in [5, 5.41) is 14.2. The lowest BCUT2D eigenvalue weighted by molar-refractivity contribution is 0.139. The fourth-order valence-corrected chi connectivity index (χ4v) is 6.38. The highest BCUT2D eigenvalue weighted by Crippen LogP contribution is 2.60. The Morgan fingerprint density at radius 3 is 2.05 bits per heavy atom. The summed E-state index contributed by atoms with van der Waals surface area (Å²) in [5.74, 6) is 1.23. The molecule has 1 unspecified atom stereocenters. The van der Waals surface area contributed by atoms with Crippen molar-refractivity contribution in [1.82, 2.24) is 5.32 Å². The zero-order valence-corrected chi connectivity index (χ0v) is 13.9. The standard InChI is InChI=1S/C19H25NOS/c1-22(17-8-4-2-5-9-17,18-10-6-3-7-11-18)15-19(21)16-12-13-20-14-16/h2-11,16,19-21H,12-15H2,1H3/t16?,19-/m1/s1. The molecule has 0 spiro atoms. The van der Waals surface area contributed by atoms with Gasteiger partial charge >= 0.3 is 0 Å². The number of benzene rings is 2. The fourth-order valence-electron chi connectivity index (χ4n) is 3.25. The molecule has 3 heteroatoms. The van der Waals surface area contributed by atoms with Crippen molar-refractivity contribution in [3.63, 3.8) is 0 Å². The molecule has 2 aromatic carbocycles. The largest absolute Gasteiger partial charge is 0.392 e. The van der Waals surface area contributed by atoms with Gasteiger partial charge in [-0.25, -0.2) is 0 Å². The first-order valence-electron chi connectivity index (χ1n) is 7.95. The van der Waals surface area contributed by atoms with Gasteiger partial charge < -0.3 is 10.4 Å². The molecule has 2 atom stereocenters. The van der Waals surface area contributed by atoms with Gasteiger partial charge in [0.2, 0.25) is 0 Å². The number of aliphatic hydroxyl groups excluding tert-OH is 1. The van der Waals surface area contributed by atoms with Crippen molar-refractivity contribution in [3.8, 4) is 0 Å². The van der Waals surface area contributed by atoms with Gasteiger partial charge in [0.1, 0.15) is 0 Å². The Hall–Kier alpha value is -1.29. The van der Waals surface area contributed by atoms with Crippen molar-refractivity contribution in [3.05, 3.63) is 60.7 Å². The Bertz CT molecular complexity index is 541. The van der Waals surface area contributed by atoms with Gasteiger partial charge in [0.05, 0.1) is 6.10 Å². The lowest BCUT2D eigenvalue weighted by Gasteiger charge is -2.39. The van der Waals surface area contributed by atoms with Crippen molar-refractivity contribution in [2.24, 2.45) is 5.92 Å². The molecule has 0 saturated carbocycles. The maximum absolute atomic E-state index is 10.8. The monoisotopic (exact) mass is 315 g/mol. The molecular formula is C19H25NOS. The zero-order chi connectivity index (χ0) is 15.4. The second-order valence-electron chi connectivity index (χ2n) is 6.20. The predicted octanol–water partition coefficient (Wildman–Crippen LogP) is 3.51. The van der Waals surface area contributed by atoms with E-state index in [1.165, 1.54) is 9.79 Å². The third-order valence-corrected chi connectivity index (χ3v) is 8.31. The summed E-state index contributed by atoms with van der Waals surface area (Å²) in [7, 11) is -1.21. The molecule has 0 amide bonds. The molecule has 2 N–H and O–H groups in total. The molecular weight excluding hydrogens is 290 g/mol. The molecule has 1 fully saturated rings. The van der Waals surface area contributed by atoms with Crippen molar-refractivity contribution >= 4 is 10.0 Å². The van der Waals surface area contributed by atoms with Gasteiger partial charge in [-0.3, -0.25) is 0 Å². The van der Waals surface area contributed by atoms with Gasteiger partial charge in [-0.05, 0) is 59.2 Å². The lowest BCUT2D eigenvalue weighted by Crippen LogP contribution is -2.29. The highest BCUT2D eigenvalue weighted by atomic mass is 32.3. The molecule has 0 aliphatic carbocycles. The van der Waals surface area contributed by atoms with Crippen LogP contribution >= 0.6 is 10.0 Å². The highest BCUT2D eigenvalue weighted by molar-refractivity contribution is 8.33. The van der Waals surface area contributed by atoms with Crippen molar-refractivity contribution in [2.45, 2.75) is 22.3 Å². The van der Waals surface area contributed by atoms with E-state index in [0.717, 1.165) is 25.3 Å². The van der Waals surface area contributed by atoms with E-state index in [-0.39, 0.29) is 6.10 Å². The SMILES string of the molecule is CS(C[C@@H](O)C1CCNC1)(c1ccccc1)c1ccccc1. The molecule has 3 rings (SSSR count). The quantitative estimate of drug-likeness (QED) is 0.885. The van der Waals surface area contributed by atoms with Gasteiger partial charge in [-0.15, -0.1) is 0 Å². The van der Waals surface area contributed by atoms with Crippen molar-refractivity contribution in [1.29, 1.82) is 0 Å². The van der Waals surface area contributed by atoms with Crippen LogP contribution in [0.1, 0.15) is 6.42 Å². The minimum Gasteiger partial charge on any atom is -0.392 e. The molecule has 0 bridgehead atoms. The molecule has 1 aliphatic heterocycles. The van der Waals surface area contributed by atoms with Crippen LogP contribution < -0.4 is 5.32 Å². The van der Waals surface area contributed by atoms with E-state index in [4.69, 9.17) is 0 Å². The predicted molar refractivity (Wildman–Crippen MR) is 94.8 cm³/mol. The van der Waals surface area contributed by atoms with Gasteiger partial charge in [0, 0.05) is 12.3 Å². The van der Waals surface area contributed by atoms with Crippen LogP contribution in [-0.4, -0.2) is 36.3 Å². The molecule has 1 saturated heterocycles. The summed E-state index contributed by atoms with van der Waals surface area (Å²) in [4.78, 5) is 2.71. The van der Waals surface area contributed by atoms with Crippen molar-refractivity contribution < 1.29 is 5.11 Å². The maximum atomic E-state index is 10.8. The second kappa shape index (κ2) is 6.86. The van der Waals surface area contributed by atoms with Crippen LogP contribution in [0, 0.1) is 5.92 Å². The van der Waals surface area contributed by atoms with E-state index < -0.39 is 10.0 Å². The average molecular weight is 315 g/mol. The van der Waals surface area contributed by atoms with E-state index in [9.17, 15) is 5.11 Å². The first kappa shape index (κ1) is 15.6. The Kier molecular flexibility index (Phi) is 4.87. The Morgan fingerprint density at radius 1 is 1.05 bits per heavy atom. The topological polar surface area (TPSA) is 32.3 Å². The van der Waals surface area contributed by atoms with Gasteiger partial charge in [-0.2, -0.15) is 10.0 Å². The lowest BCUT2D eigenvalue weighted by atomic mass is 10.0. The molecule has 0 aromatic heterocycles.